The molecule has 7 heteroatoms. The second-order valence-electron chi connectivity index (χ2n) is 5.38. The number of ether oxygens (including phenoxy) is 2. The summed E-state index contributed by atoms with van der Waals surface area (Å²) in [5, 5.41) is 5.78. The van der Waals surface area contributed by atoms with E-state index in [1.165, 1.54) is 0 Å². The van der Waals surface area contributed by atoms with Gasteiger partial charge in [0.15, 0.2) is 11.7 Å². The summed E-state index contributed by atoms with van der Waals surface area (Å²) in [7, 11) is 0. The van der Waals surface area contributed by atoms with Crippen LogP contribution in [0.25, 0.3) is 11.3 Å². The number of rotatable bonds is 6. The molecule has 1 aromatic carbocycles. The van der Waals surface area contributed by atoms with Gasteiger partial charge in [-0.25, -0.2) is 4.98 Å². The number of amides is 1. The standard InChI is InChI=1S/C17H21N3O3S/c1-2-18-16(21)11-23-14-5-3-4-13(10-14)15-12-24-17(19-15)20-6-8-22-9-7-20/h3-5,10,12H,2,6-9,11H2,1H3,(H,18,21). The monoisotopic (exact) mass is 347 g/mol. The van der Waals surface area contributed by atoms with E-state index >= 15 is 0 Å². The van der Waals surface area contributed by atoms with Gasteiger partial charge in [0.05, 0.1) is 18.9 Å². The van der Waals surface area contributed by atoms with Crippen LogP contribution in [0.2, 0.25) is 0 Å². The van der Waals surface area contributed by atoms with Crippen LogP contribution in [0, 0.1) is 0 Å². The van der Waals surface area contributed by atoms with Gasteiger partial charge < -0.3 is 19.7 Å². The highest BCUT2D eigenvalue weighted by molar-refractivity contribution is 7.14. The largest absolute Gasteiger partial charge is 0.484 e. The van der Waals surface area contributed by atoms with E-state index in [-0.39, 0.29) is 12.5 Å². The van der Waals surface area contributed by atoms with Gasteiger partial charge in [-0.05, 0) is 19.1 Å². The lowest BCUT2D eigenvalue weighted by Crippen LogP contribution is -2.36. The number of carbonyl (C=O) groups excluding carboxylic acids is 1. The molecule has 1 aliphatic rings. The van der Waals surface area contributed by atoms with Gasteiger partial charge in [0.25, 0.3) is 5.91 Å². The van der Waals surface area contributed by atoms with Crippen molar-refractivity contribution in [2.75, 3.05) is 44.4 Å². The molecule has 0 bridgehead atoms. The number of hydrogen-bond donors (Lipinski definition) is 1. The van der Waals surface area contributed by atoms with E-state index in [4.69, 9.17) is 14.5 Å². The third-order valence-electron chi connectivity index (χ3n) is 3.65. The summed E-state index contributed by atoms with van der Waals surface area (Å²) in [4.78, 5) is 18.5. The van der Waals surface area contributed by atoms with E-state index in [2.05, 4.69) is 10.2 Å². The first-order valence-electron chi connectivity index (χ1n) is 8.04. The Hall–Kier alpha value is -2.12. The smallest absolute Gasteiger partial charge is 0.257 e. The molecule has 24 heavy (non-hydrogen) atoms. The number of thiazole rings is 1. The first-order chi connectivity index (χ1) is 11.8. The van der Waals surface area contributed by atoms with Crippen molar-refractivity contribution in [2.24, 2.45) is 0 Å². The van der Waals surface area contributed by atoms with Gasteiger partial charge in [-0.3, -0.25) is 4.79 Å². The Kier molecular flexibility index (Phi) is 5.66. The van der Waals surface area contributed by atoms with Gasteiger partial charge in [0.2, 0.25) is 0 Å². The number of morpholine rings is 1. The third kappa shape index (κ3) is 4.24. The SMILES string of the molecule is CCNC(=O)COc1cccc(-c2csc(N3CCOCC3)n2)c1. The predicted octanol–water partition coefficient (Wildman–Crippen LogP) is 2.16. The third-order valence-corrected chi connectivity index (χ3v) is 4.55. The van der Waals surface area contributed by atoms with Gasteiger partial charge >= 0.3 is 0 Å². The van der Waals surface area contributed by atoms with Crippen molar-refractivity contribution in [1.29, 1.82) is 0 Å². The summed E-state index contributed by atoms with van der Waals surface area (Å²) < 4.78 is 10.9. The first kappa shape index (κ1) is 16.7. The second kappa shape index (κ2) is 8.12. The molecule has 6 nitrogen and oxygen atoms in total. The van der Waals surface area contributed by atoms with Crippen molar-refractivity contribution in [2.45, 2.75) is 6.92 Å². The quantitative estimate of drug-likeness (QED) is 0.868. The number of likely N-dealkylation sites (N-methyl/N-ethyl adjacent to an activating group) is 1. The summed E-state index contributed by atoms with van der Waals surface area (Å²) in [6, 6.07) is 7.67. The molecule has 3 rings (SSSR count). The zero-order chi connectivity index (χ0) is 16.8. The van der Waals surface area contributed by atoms with Crippen molar-refractivity contribution in [3.8, 4) is 17.0 Å². The minimum absolute atomic E-state index is 0.0212. The molecule has 0 aliphatic carbocycles. The average Bonchev–Trinajstić information content (AvgIpc) is 3.11. The van der Waals surface area contributed by atoms with Gasteiger partial charge in [0.1, 0.15) is 5.75 Å². The number of anilines is 1. The van der Waals surface area contributed by atoms with E-state index < -0.39 is 0 Å². The Morgan fingerprint density at radius 2 is 2.25 bits per heavy atom. The summed E-state index contributed by atoms with van der Waals surface area (Å²) in [6.45, 7) is 5.76. The highest BCUT2D eigenvalue weighted by Gasteiger charge is 2.15. The van der Waals surface area contributed by atoms with Crippen LogP contribution in [0.3, 0.4) is 0 Å². The summed E-state index contributed by atoms with van der Waals surface area (Å²) in [5.41, 5.74) is 1.91. The normalized spacial score (nSPS) is 14.5. The predicted molar refractivity (Wildman–Crippen MR) is 94.8 cm³/mol. The fraction of sp³-hybridized carbons (Fsp3) is 0.412. The maximum Gasteiger partial charge on any atom is 0.257 e. The lowest BCUT2D eigenvalue weighted by Gasteiger charge is -2.26. The number of nitrogens with one attached hydrogen (secondary N) is 1. The fourth-order valence-electron chi connectivity index (χ4n) is 2.44. The lowest BCUT2D eigenvalue weighted by atomic mass is 10.2. The van der Waals surface area contributed by atoms with Crippen molar-refractivity contribution >= 4 is 22.4 Å². The van der Waals surface area contributed by atoms with Crippen LogP contribution in [-0.4, -0.2) is 50.3 Å². The molecular formula is C17H21N3O3S. The number of nitrogens with zero attached hydrogens (tertiary/aromatic N) is 2. The van der Waals surface area contributed by atoms with E-state index in [9.17, 15) is 4.79 Å². The van der Waals surface area contributed by atoms with Gasteiger partial charge in [-0.15, -0.1) is 11.3 Å². The van der Waals surface area contributed by atoms with Crippen LogP contribution >= 0.6 is 11.3 Å². The van der Waals surface area contributed by atoms with Crippen LogP contribution in [0.15, 0.2) is 29.6 Å². The number of benzene rings is 1. The fourth-order valence-corrected chi connectivity index (χ4v) is 3.33. The highest BCUT2D eigenvalue weighted by atomic mass is 32.1. The van der Waals surface area contributed by atoms with E-state index in [0.29, 0.717) is 12.3 Å². The first-order valence-corrected chi connectivity index (χ1v) is 8.92. The lowest BCUT2D eigenvalue weighted by molar-refractivity contribution is -0.122. The molecule has 1 aromatic heterocycles. The minimum atomic E-state index is -0.119. The minimum Gasteiger partial charge on any atom is -0.484 e. The maximum absolute atomic E-state index is 11.5. The average molecular weight is 347 g/mol. The number of hydrogen-bond acceptors (Lipinski definition) is 6. The van der Waals surface area contributed by atoms with Crippen LogP contribution in [0.4, 0.5) is 5.13 Å². The second-order valence-corrected chi connectivity index (χ2v) is 6.22. The molecule has 0 saturated carbocycles. The number of aromatic nitrogens is 1. The molecule has 1 amide bonds. The molecule has 0 spiro atoms. The van der Waals surface area contributed by atoms with Crippen molar-refractivity contribution < 1.29 is 14.3 Å². The zero-order valence-corrected chi connectivity index (χ0v) is 14.5. The van der Waals surface area contributed by atoms with Crippen molar-refractivity contribution in [3.63, 3.8) is 0 Å². The molecule has 128 valence electrons. The van der Waals surface area contributed by atoms with Crippen molar-refractivity contribution in [3.05, 3.63) is 29.6 Å². The molecule has 2 aromatic rings. The summed E-state index contributed by atoms with van der Waals surface area (Å²) >= 11 is 1.64. The molecule has 1 N–H and O–H groups in total. The van der Waals surface area contributed by atoms with E-state index in [1.54, 1.807) is 11.3 Å². The maximum atomic E-state index is 11.5. The van der Waals surface area contributed by atoms with Crippen LogP contribution < -0.4 is 15.0 Å². The Labute approximate surface area is 145 Å². The summed E-state index contributed by atoms with van der Waals surface area (Å²) in [5.74, 6) is 0.547. The van der Waals surface area contributed by atoms with Gasteiger partial charge in [-0.2, -0.15) is 0 Å². The molecule has 1 aliphatic heterocycles. The zero-order valence-electron chi connectivity index (χ0n) is 13.7. The Morgan fingerprint density at radius 3 is 3.04 bits per heavy atom. The Bertz CT molecular complexity index is 683. The Balaban J connectivity index is 1.67. The molecule has 2 heterocycles. The highest BCUT2D eigenvalue weighted by Crippen LogP contribution is 2.29. The van der Waals surface area contributed by atoms with Gasteiger partial charge in [-0.1, -0.05) is 12.1 Å². The van der Waals surface area contributed by atoms with E-state index in [1.807, 2.05) is 36.6 Å². The van der Waals surface area contributed by atoms with Crippen LogP contribution in [-0.2, 0) is 9.53 Å². The summed E-state index contributed by atoms with van der Waals surface area (Å²) in [6.07, 6.45) is 0. The number of carbonyl (C=O) groups is 1. The molecular weight excluding hydrogens is 326 g/mol. The van der Waals surface area contributed by atoms with Crippen LogP contribution in [0.1, 0.15) is 6.92 Å². The molecule has 0 unspecified atom stereocenters. The van der Waals surface area contributed by atoms with Crippen molar-refractivity contribution in [1.82, 2.24) is 10.3 Å². The molecule has 0 radical (unpaired) electrons. The molecule has 0 atom stereocenters. The topological polar surface area (TPSA) is 63.7 Å². The van der Waals surface area contributed by atoms with Crippen LogP contribution in [0.5, 0.6) is 5.75 Å². The molecule has 1 saturated heterocycles. The van der Waals surface area contributed by atoms with E-state index in [0.717, 1.165) is 42.7 Å². The molecule has 1 fully saturated rings. The Morgan fingerprint density at radius 1 is 1.42 bits per heavy atom. The van der Waals surface area contributed by atoms with Gasteiger partial charge in [0, 0.05) is 30.6 Å².